The highest BCUT2D eigenvalue weighted by Gasteiger charge is 2.19. The number of carbonyl (C=O) groups is 1. The van der Waals surface area contributed by atoms with Crippen LogP contribution in [0.3, 0.4) is 0 Å². The average Bonchev–Trinajstić information content (AvgIpc) is 2.35. The summed E-state index contributed by atoms with van der Waals surface area (Å²) in [5.41, 5.74) is 0.604. The van der Waals surface area contributed by atoms with Crippen molar-refractivity contribution in [1.82, 2.24) is 0 Å². The van der Waals surface area contributed by atoms with Crippen LogP contribution in [0.2, 0.25) is 0 Å². The largest absolute Gasteiger partial charge is 0.493 e. The van der Waals surface area contributed by atoms with E-state index in [0.29, 0.717) is 22.8 Å². The van der Waals surface area contributed by atoms with Gasteiger partial charge in [0.05, 0.1) is 27.2 Å². The van der Waals surface area contributed by atoms with Gasteiger partial charge >= 0.3 is 5.97 Å². The summed E-state index contributed by atoms with van der Waals surface area (Å²) in [6.07, 6.45) is 0. The standard InChI is InChI=1S/C12H16O5/c1-7(12(13)14)8-5-9(15-2)11(17-4)10(6-8)16-3/h5-7H,1-4H3,(H,13,14)/t7-/m0/s1. The molecule has 0 aliphatic rings. The van der Waals surface area contributed by atoms with E-state index in [9.17, 15) is 4.79 Å². The third kappa shape index (κ3) is 2.61. The molecule has 94 valence electrons. The van der Waals surface area contributed by atoms with Crippen molar-refractivity contribution >= 4 is 5.97 Å². The zero-order chi connectivity index (χ0) is 13.0. The average molecular weight is 240 g/mol. The van der Waals surface area contributed by atoms with Gasteiger partial charge in [0, 0.05) is 0 Å². The van der Waals surface area contributed by atoms with Gasteiger partial charge in [-0.1, -0.05) is 0 Å². The molecule has 0 saturated carbocycles. The number of hydrogen-bond acceptors (Lipinski definition) is 4. The lowest BCUT2D eigenvalue weighted by molar-refractivity contribution is -0.138. The highest BCUT2D eigenvalue weighted by atomic mass is 16.5. The van der Waals surface area contributed by atoms with Gasteiger partial charge < -0.3 is 19.3 Å². The highest BCUT2D eigenvalue weighted by molar-refractivity contribution is 5.76. The fourth-order valence-corrected chi connectivity index (χ4v) is 1.49. The maximum Gasteiger partial charge on any atom is 0.310 e. The molecule has 0 radical (unpaired) electrons. The van der Waals surface area contributed by atoms with E-state index in [1.165, 1.54) is 21.3 Å². The first kappa shape index (κ1) is 13.2. The van der Waals surface area contributed by atoms with Gasteiger partial charge in [0.1, 0.15) is 0 Å². The molecular formula is C12H16O5. The molecule has 17 heavy (non-hydrogen) atoms. The number of hydrogen-bond donors (Lipinski definition) is 1. The molecule has 0 saturated heterocycles. The Morgan fingerprint density at radius 3 is 1.88 bits per heavy atom. The molecule has 0 aliphatic heterocycles. The smallest absolute Gasteiger partial charge is 0.310 e. The first-order valence-electron chi connectivity index (χ1n) is 5.07. The number of ether oxygens (including phenoxy) is 3. The van der Waals surface area contributed by atoms with Crippen LogP contribution >= 0.6 is 0 Å². The van der Waals surface area contributed by atoms with Gasteiger partial charge in [0.15, 0.2) is 11.5 Å². The summed E-state index contributed by atoms with van der Waals surface area (Å²) < 4.78 is 15.5. The predicted octanol–water partition coefficient (Wildman–Crippen LogP) is 1.90. The van der Waals surface area contributed by atoms with E-state index in [1.807, 2.05) is 0 Å². The molecule has 0 aromatic heterocycles. The van der Waals surface area contributed by atoms with Crippen LogP contribution in [-0.4, -0.2) is 32.4 Å². The molecule has 0 unspecified atom stereocenters. The molecule has 1 aromatic carbocycles. The van der Waals surface area contributed by atoms with E-state index in [1.54, 1.807) is 19.1 Å². The lowest BCUT2D eigenvalue weighted by atomic mass is 10.0. The van der Waals surface area contributed by atoms with Gasteiger partial charge in [0.25, 0.3) is 0 Å². The molecular weight excluding hydrogens is 224 g/mol. The summed E-state index contributed by atoms with van der Waals surface area (Å²) in [6.45, 7) is 1.60. The van der Waals surface area contributed by atoms with Crippen LogP contribution in [0, 0.1) is 0 Å². The van der Waals surface area contributed by atoms with Gasteiger partial charge in [-0.3, -0.25) is 4.79 Å². The van der Waals surface area contributed by atoms with E-state index in [2.05, 4.69) is 0 Å². The first-order valence-corrected chi connectivity index (χ1v) is 5.07. The predicted molar refractivity (Wildman–Crippen MR) is 62.1 cm³/mol. The number of aliphatic carboxylic acids is 1. The molecule has 1 N–H and O–H groups in total. The number of carboxylic acids is 1. The van der Waals surface area contributed by atoms with Crippen molar-refractivity contribution < 1.29 is 24.1 Å². The SMILES string of the molecule is COc1cc([C@H](C)C(=O)O)cc(OC)c1OC. The second-order valence-electron chi connectivity index (χ2n) is 3.52. The molecule has 0 fully saturated rings. The van der Waals surface area contributed by atoms with Crippen LogP contribution in [0.15, 0.2) is 12.1 Å². The number of benzene rings is 1. The van der Waals surface area contributed by atoms with E-state index < -0.39 is 11.9 Å². The van der Waals surface area contributed by atoms with Crippen molar-refractivity contribution in [2.24, 2.45) is 0 Å². The molecule has 1 rings (SSSR count). The monoisotopic (exact) mass is 240 g/mol. The second-order valence-corrected chi connectivity index (χ2v) is 3.52. The molecule has 0 aliphatic carbocycles. The van der Waals surface area contributed by atoms with Crippen molar-refractivity contribution in [3.63, 3.8) is 0 Å². The minimum absolute atomic E-state index is 0.454. The number of methoxy groups -OCH3 is 3. The molecule has 0 spiro atoms. The van der Waals surface area contributed by atoms with Crippen molar-refractivity contribution in [2.45, 2.75) is 12.8 Å². The Labute approximate surface area is 99.9 Å². The van der Waals surface area contributed by atoms with E-state index in [0.717, 1.165) is 0 Å². The summed E-state index contributed by atoms with van der Waals surface area (Å²) in [4.78, 5) is 10.9. The molecule has 0 amide bonds. The maximum absolute atomic E-state index is 10.9. The quantitative estimate of drug-likeness (QED) is 0.851. The zero-order valence-corrected chi connectivity index (χ0v) is 10.3. The molecule has 0 bridgehead atoms. The third-order valence-corrected chi connectivity index (χ3v) is 2.56. The Balaban J connectivity index is 3.31. The van der Waals surface area contributed by atoms with Crippen LogP contribution < -0.4 is 14.2 Å². The Hall–Kier alpha value is -1.91. The fraction of sp³-hybridized carbons (Fsp3) is 0.417. The maximum atomic E-state index is 10.9. The van der Waals surface area contributed by atoms with E-state index >= 15 is 0 Å². The summed E-state index contributed by atoms with van der Waals surface area (Å²) in [5.74, 6) is -0.177. The van der Waals surface area contributed by atoms with Gasteiger partial charge in [-0.05, 0) is 24.6 Å². The lowest BCUT2D eigenvalue weighted by Crippen LogP contribution is -2.08. The topological polar surface area (TPSA) is 65.0 Å². The van der Waals surface area contributed by atoms with Gasteiger partial charge in [0.2, 0.25) is 5.75 Å². The Kier molecular flexibility index (Phi) is 4.20. The van der Waals surface area contributed by atoms with E-state index in [-0.39, 0.29) is 0 Å². The van der Waals surface area contributed by atoms with Gasteiger partial charge in [-0.15, -0.1) is 0 Å². The molecule has 0 heterocycles. The Bertz CT molecular complexity index is 388. The summed E-state index contributed by atoms with van der Waals surface area (Å²) in [6, 6.07) is 3.28. The lowest BCUT2D eigenvalue weighted by Gasteiger charge is -2.15. The van der Waals surface area contributed by atoms with Crippen LogP contribution in [0.5, 0.6) is 17.2 Å². The highest BCUT2D eigenvalue weighted by Crippen LogP contribution is 2.39. The van der Waals surface area contributed by atoms with Crippen LogP contribution in [0.1, 0.15) is 18.4 Å². The minimum atomic E-state index is -0.903. The van der Waals surface area contributed by atoms with E-state index in [4.69, 9.17) is 19.3 Å². The first-order chi connectivity index (χ1) is 8.04. The normalized spacial score (nSPS) is 11.8. The van der Waals surface area contributed by atoms with Crippen LogP contribution in [0.4, 0.5) is 0 Å². The third-order valence-electron chi connectivity index (χ3n) is 2.56. The van der Waals surface area contributed by atoms with Crippen LogP contribution in [-0.2, 0) is 4.79 Å². The summed E-state index contributed by atoms with van der Waals surface area (Å²) in [7, 11) is 4.49. The van der Waals surface area contributed by atoms with Crippen molar-refractivity contribution in [1.29, 1.82) is 0 Å². The molecule has 5 nitrogen and oxygen atoms in total. The van der Waals surface area contributed by atoms with Crippen molar-refractivity contribution in [3.05, 3.63) is 17.7 Å². The molecule has 1 aromatic rings. The molecule has 1 atom stereocenters. The fourth-order valence-electron chi connectivity index (χ4n) is 1.49. The Morgan fingerprint density at radius 1 is 1.12 bits per heavy atom. The Morgan fingerprint density at radius 2 is 1.59 bits per heavy atom. The number of carboxylic acid groups (broad SMARTS) is 1. The minimum Gasteiger partial charge on any atom is -0.493 e. The zero-order valence-electron chi connectivity index (χ0n) is 10.3. The van der Waals surface area contributed by atoms with Crippen molar-refractivity contribution in [3.8, 4) is 17.2 Å². The van der Waals surface area contributed by atoms with Gasteiger partial charge in [-0.25, -0.2) is 0 Å². The van der Waals surface area contributed by atoms with Crippen LogP contribution in [0.25, 0.3) is 0 Å². The summed E-state index contributed by atoms with van der Waals surface area (Å²) >= 11 is 0. The number of rotatable bonds is 5. The molecule has 5 heteroatoms. The second kappa shape index (κ2) is 5.43. The van der Waals surface area contributed by atoms with Gasteiger partial charge in [-0.2, -0.15) is 0 Å². The summed E-state index contributed by atoms with van der Waals surface area (Å²) in [5, 5.41) is 8.98. The van der Waals surface area contributed by atoms with Crippen molar-refractivity contribution in [2.75, 3.05) is 21.3 Å².